The number of phenolic OH excluding ortho intramolecular Hbond substituents is 1. The number of aromatic hydroxyl groups is 1. The van der Waals surface area contributed by atoms with Crippen LogP contribution in [0.1, 0.15) is 10.4 Å². The summed E-state index contributed by atoms with van der Waals surface area (Å²) in [4.78, 5) is 10.8. The summed E-state index contributed by atoms with van der Waals surface area (Å²) in [5.41, 5.74) is 1.73. The van der Waals surface area contributed by atoms with E-state index in [2.05, 4.69) is 0 Å². The highest BCUT2D eigenvalue weighted by Crippen LogP contribution is 2.33. The SMILES string of the molecule is COc1ccc(Cl)c(-c2ccc(O)c(C=O)c2)c1. The maximum absolute atomic E-state index is 10.8. The van der Waals surface area contributed by atoms with Crippen LogP contribution in [0.2, 0.25) is 5.02 Å². The first-order chi connectivity index (χ1) is 8.65. The second kappa shape index (κ2) is 5.10. The first-order valence-electron chi connectivity index (χ1n) is 5.28. The fraction of sp³-hybridized carbons (Fsp3) is 0.0714. The molecule has 0 aliphatic rings. The average molecular weight is 263 g/mol. The molecule has 0 fully saturated rings. The zero-order chi connectivity index (χ0) is 13.1. The quantitative estimate of drug-likeness (QED) is 0.861. The smallest absolute Gasteiger partial charge is 0.153 e. The third-order valence-electron chi connectivity index (χ3n) is 2.64. The zero-order valence-corrected chi connectivity index (χ0v) is 10.4. The van der Waals surface area contributed by atoms with Gasteiger partial charge in [0.25, 0.3) is 0 Å². The lowest BCUT2D eigenvalue weighted by molar-refractivity contribution is 0.112. The van der Waals surface area contributed by atoms with E-state index in [-0.39, 0.29) is 11.3 Å². The van der Waals surface area contributed by atoms with E-state index in [0.717, 1.165) is 11.1 Å². The van der Waals surface area contributed by atoms with Gasteiger partial charge in [-0.25, -0.2) is 0 Å². The Balaban J connectivity index is 2.57. The Morgan fingerprint density at radius 1 is 1.22 bits per heavy atom. The Kier molecular flexibility index (Phi) is 3.53. The first kappa shape index (κ1) is 12.5. The van der Waals surface area contributed by atoms with Crippen molar-refractivity contribution < 1.29 is 14.6 Å². The molecule has 2 aromatic carbocycles. The van der Waals surface area contributed by atoms with Crippen LogP contribution in [-0.2, 0) is 0 Å². The molecule has 3 nitrogen and oxygen atoms in total. The van der Waals surface area contributed by atoms with Gasteiger partial charge in [-0.05, 0) is 35.9 Å². The number of ether oxygens (including phenoxy) is 1. The van der Waals surface area contributed by atoms with Crippen LogP contribution < -0.4 is 4.74 Å². The number of carbonyl (C=O) groups excluding carboxylic acids is 1. The highest BCUT2D eigenvalue weighted by molar-refractivity contribution is 6.33. The predicted molar refractivity (Wildman–Crippen MR) is 70.5 cm³/mol. The molecule has 4 heteroatoms. The van der Waals surface area contributed by atoms with Crippen molar-refractivity contribution >= 4 is 17.9 Å². The number of methoxy groups -OCH3 is 1. The van der Waals surface area contributed by atoms with E-state index >= 15 is 0 Å². The highest BCUT2D eigenvalue weighted by Gasteiger charge is 2.08. The lowest BCUT2D eigenvalue weighted by Crippen LogP contribution is -1.87. The second-order valence-corrected chi connectivity index (χ2v) is 4.14. The van der Waals surface area contributed by atoms with E-state index in [1.807, 2.05) is 0 Å². The van der Waals surface area contributed by atoms with Crippen molar-refractivity contribution in [3.63, 3.8) is 0 Å². The van der Waals surface area contributed by atoms with E-state index in [4.69, 9.17) is 16.3 Å². The van der Waals surface area contributed by atoms with Crippen LogP contribution in [-0.4, -0.2) is 18.5 Å². The lowest BCUT2D eigenvalue weighted by atomic mass is 10.0. The summed E-state index contributed by atoms with van der Waals surface area (Å²) in [5, 5.41) is 10.0. The number of aldehydes is 1. The Morgan fingerprint density at radius 2 is 2.00 bits per heavy atom. The van der Waals surface area contributed by atoms with Crippen LogP contribution in [0.25, 0.3) is 11.1 Å². The minimum absolute atomic E-state index is 0.0484. The number of phenols is 1. The van der Waals surface area contributed by atoms with Gasteiger partial charge in [0.2, 0.25) is 0 Å². The molecule has 1 N–H and O–H groups in total. The topological polar surface area (TPSA) is 46.5 Å². The Morgan fingerprint density at radius 3 is 2.67 bits per heavy atom. The summed E-state index contributed by atoms with van der Waals surface area (Å²) in [7, 11) is 1.57. The molecule has 0 saturated carbocycles. The summed E-state index contributed by atoms with van der Waals surface area (Å²) in [6.07, 6.45) is 0.604. The minimum Gasteiger partial charge on any atom is -0.507 e. The van der Waals surface area contributed by atoms with Gasteiger partial charge in [-0.3, -0.25) is 4.79 Å². The lowest BCUT2D eigenvalue weighted by Gasteiger charge is -2.08. The van der Waals surface area contributed by atoms with Gasteiger partial charge < -0.3 is 9.84 Å². The molecule has 0 spiro atoms. The predicted octanol–water partition coefficient (Wildman–Crippen LogP) is 3.53. The summed E-state index contributed by atoms with van der Waals surface area (Å²) in [6.45, 7) is 0. The molecule has 0 aliphatic heterocycles. The Labute approximate surface area is 110 Å². The van der Waals surface area contributed by atoms with Crippen molar-refractivity contribution in [2.24, 2.45) is 0 Å². The zero-order valence-electron chi connectivity index (χ0n) is 9.68. The maximum atomic E-state index is 10.8. The molecule has 92 valence electrons. The van der Waals surface area contributed by atoms with Crippen molar-refractivity contribution in [3.05, 3.63) is 47.0 Å². The van der Waals surface area contributed by atoms with Gasteiger partial charge in [-0.2, -0.15) is 0 Å². The number of rotatable bonds is 3. The Hall–Kier alpha value is -2.00. The van der Waals surface area contributed by atoms with Gasteiger partial charge in [0.05, 0.1) is 12.7 Å². The molecule has 0 aliphatic carbocycles. The molecule has 2 aromatic rings. The Bertz CT molecular complexity index is 594. The largest absolute Gasteiger partial charge is 0.507 e. The molecule has 0 bridgehead atoms. The minimum atomic E-state index is -0.0484. The number of carbonyl (C=O) groups is 1. The molecule has 0 atom stereocenters. The van der Waals surface area contributed by atoms with E-state index in [9.17, 15) is 9.90 Å². The van der Waals surface area contributed by atoms with E-state index in [1.54, 1.807) is 37.4 Å². The van der Waals surface area contributed by atoms with E-state index in [1.165, 1.54) is 6.07 Å². The standard InChI is InChI=1S/C14H11ClO3/c1-18-11-3-4-13(15)12(7-11)9-2-5-14(17)10(6-9)8-16/h2-8,17H,1H3. The third-order valence-corrected chi connectivity index (χ3v) is 2.97. The normalized spacial score (nSPS) is 10.1. The second-order valence-electron chi connectivity index (χ2n) is 3.74. The third kappa shape index (κ3) is 2.31. The summed E-state index contributed by atoms with van der Waals surface area (Å²) >= 11 is 6.12. The van der Waals surface area contributed by atoms with Crippen LogP contribution in [0, 0.1) is 0 Å². The summed E-state index contributed by atoms with van der Waals surface area (Å²) in [6, 6.07) is 10.0. The van der Waals surface area contributed by atoms with E-state index < -0.39 is 0 Å². The van der Waals surface area contributed by atoms with Gasteiger partial charge in [0.1, 0.15) is 11.5 Å². The average Bonchev–Trinajstić information content (AvgIpc) is 2.40. The van der Waals surface area contributed by atoms with Crippen molar-refractivity contribution in [2.45, 2.75) is 0 Å². The molecular weight excluding hydrogens is 252 g/mol. The van der Waals surface area contributed by atoms with Crippen LogP contribution in [0.3, 0.4) is 0 Å². The fourth-order valence-corrected chi connectivity index (χ4v) is 1.90. The summed E-state index contributed by atoms with van der Waals surface area (Å²) < 4.78 is 5.13. The van der Waals surface area contributed by atoms with Gasteiger partial charge >= 0.3 is 0 Å². The first-order valence-corrected chi connectivity index (χ1v) is 5.65. The van der Waals surface area contributed by atoms with Gasteiger partial charge in [-0.15, -0.1) is 0 Å². The van der Waals surface area contributed by atoms with Crippen LogP contribution in [0.5, 0.6) is 11.5 Å². The van der Waals surface area contributed by atoms with Crippen LogP contribution in [0.15, 0.2) is 36.4 Å². The highest BCUT2D eigenvalue weighted by atomic mass is 35.5. The monoisotopic (exact) mass is 262 g/mol. The molecule has 0 radical (unpaired) electrons. The fourth-order valence-electron chi connectivity index (χ4n) is 1.67. The molecule has 0 heterocycles. The molecule has 0 unspecified atom stereocenters. The number of hydrogen-bond donors (Lipinski definition) is 1. The molecular formula is C14H11ClO3. The van der Waals surface area contributed by atoms with Crippen molar-refractivity contribution in [3.8, 4) is 22.6 Å². The van der Waals surface area contributed by atoms with Gasteiger partial charge in [-0.1, -0.05) is 17.7 Å². The van der Waals surface area contributed by atoms with Crippen molar-refractivity contribution in [2.75, 3.05) is 7.11 Å². The number of hydrogen-bond acceptors (Lipinski definition) is 3. The summed E-state index contributed by atoms with van der Waals surface area (Å²) in [5.74, 6) is 0.628. The number of halogens is 1. The number of benzene rings is 2. The van der Waals surface area contributed by atoms with E-state index in [0.29, 0.717) is 17.1 Å². The molecule has 0 saturated heterocycles. The van der Waals surface area contributed by atoms with Gasteiger partial charge in [0.15, 0.2) is 6.29 Å². The molecule has 0 aromatic heterocycles. The van der Waals surface area contributed by atoms with Crippen molar-refractivity contribution in [1.29, 1.82) is 0 Å². The molecule has 0 amide bonds. The van der Waals surface area contributed by atoms with Gasteiger partial charge in [0, 0.05) is 10.6 Å². The molecule has 18 heavy (non-hydrogen) atoms. The molecule has 2 rings (SSSR count). The van der Waals surface area contributed by atoms with Crippen molar-refractivity contribution in [1.82, 2.24) is 0 Å². The maximum Gasteiger partial charge on any atom is 0.153 e. The van der Waals surface area contributed by atoms with Crippen LogP contribution in [0.4, 0.5) is 0 Å². The van der Waals surface area contributed by atoms with Crippen LogP contribution >= 0.6 is 11.6 Å².